The van der Waals surface area contributed by atoms with Crippen LogP contribution in [0.2, 0.25) is 0 Å². The van der Waals surface area contributed by atoms with Crippen LogP contribution < -0.4 is 5.32 Å². The van der Waals surface area contributed by atoms with Gasteiger partial charge in [-0.05, 0) is 43.0 Å². The second-order valence-electron chi connectivity index (χ2n) is 8.82. The molecular formula is C25H30F3N3O. The van der Waals surface area contributed by atoms with Gasteiger partial charge in [0.2, 0.25) is 5.91 Å². The fourth-order valence-corrected chi connectivity index (χ4v) is 4.93. The maximum atomic E-state index is 12.9. The standard InChI is InChI=1S/C25H30F3N3O/c26-25(27,28)21-8-4-7-20(15-21)16-29-13-11-22-9-10-24(32)31(22)23-12-14-30(18-23)17-19-5-2-1-3-6-19/h1-8,15,22-23,29H,9-14,16-18H2. The van der Waals surface area contributed by atoms with Crippen molar-refractivity contribution in [2.24, 2.45) is 0 Å². The Morgan fingerprint density at radius 2 is 1.78 bits per heavy atom. The number of carbonyl (C=O) groups excluding carboxylic acids is 1. The average Bonchev–Trinajstić information content (AvgIpc) is 3.37. The van der Waals surface area contributed by atoms with Crippen LogP contribution in [-0.4, -0.2) is 47.4 Å². The lowest BCUT2D eigenvalue weighted by molar-refractivity contribution is -0.137. The second-order valence-corrected chi connectivity index (χ2v) is 8.82. The van der Waals surface area contributed by atoms with Gasteiger partial charge in [-0.3, -0.25) is 9.69 Å². The molecule has 2 fully saturated rings. The average molecular weight is 446 g/mol. The van der Waals surface area contributed by atoms with E-state index in [4.69, 9.17) is 0 Å². The normalized spacial score (nSPS) is 22.1. The van der Waals surface area contributed by atoms with E-state index in [0.29, 0.717) is 25.1 Å². The highest BCUT2D eigenvalue weighted by Crippen LogP contribution is 2.30. The van der Waals surface area contributed by atoms with E-state index in [1.165, 1.54) is 17.7 Å². The number of likely N-dealkylation sites (tertiary alicyclic amines) is 2. The van der Waals surface area contributed by atoms with E-state index in [9.17, 15) is 18.0 Å². The van der Waals surface area contributed by atoms with E-state index in [1.807, 2.05) is 6.07 Å². The molecule has 7 heteroatoms. The SMILES string of the molecule is O=C1CCC(CCNCc2cccc(C(F)(F)F)c2)N1C1CCN(Cc2ccccc2)C1. The van der Waals surface area contributed by atoms with E-state index in [-0.39, 0.29) is 18.0 Å². The summed E-state index contributed by atoms with van der Waals surface area (Å²) >= 11 is 0. The summed E-state index contributed by atoms with van der Waals surface area (Å²) in [7, 11) is 0. The molecule has 2 aromatic carbocycles. The Bertz CT molecular complexity index is 903. The summed E-state index contributed by atoms with van der Waals surface area (Å²) < 4.78 is 38.6. The predicted octanol–water partition coefficient (Wildman–Crippen LogP) is 4.45. The first-order valence-corrected chi connectivity index (χ1v) is 11.3. The van der Waals surface area contributed by atoms with Gasteiger partial charge in [0.25, 0.3) is 0 Å². The molecule has 4 rings (SSSR count). The molecule has 4 nitrogen and oxygen atoms in total. The monoisotopic (exact) mass is 445 g/mol. The lowest BCUT2D eigenvalue weighted by atomic mass is 10.1. The van der Waals surface area contributed by atoms with Crippen molar-refractivity contribution in [3.63, 3.8) is 0 Å². The van der Waals surface area contributed by atoms with Gasteiger partial charge in [0.1, 0.15) is 0 Å². The third kappa shape index (κ3) is 5.70. The maximum Gasteiger partial charge on any atom is 0.416 e. The van der Waals surface area contributed by atoms with Crippen LogP contribution >= 0.6 is 0 Å². The van der Waals surface area contributed by atoms with E-state index < -0.39 is 11.7 Å². The van der Waals surface area contributed by atoms with Crippen LogP contribution in [0.1, 0.15) is 42.4 Å². The third-order valence-corrected chi connectivity index (χ3v) is 6.50. The van der Waals surface area contributed by atoms with Gasteiger partial charge in [-0.1, -0.05) is 48.5 Å². The van der Waals surface area contributed by atoms with Crippen molar-refractivity contribution in [2.45, 2.75) is 57.0 Å². The van der Waals surface area contributed by atoms with E-state index in [2.05, 4.69) is 39.4 Å². The van der Waals surface area contributed by atoms with Gasteiger partial charge >= 0.3 is 6.18 Å². The highest BCUT2D eigenvalue weighted by molar-refractivity contribution is 5.79. The minimum atomic E-state index is -4.32. The summed E-state index contributed by atoms with van der Waals surface area (Å²) in [6.07, 6.45) is -1.06. The summed E-state index contributed by atoms with van der Waals surface area (Å²) in [5, 5.41) is 3.26. The molecule has 2 saturated heterocycles. The number of nitrogens with zero attached hydrogens (tertiary/aromatic N) is 2. The van der Waals surface area contributed by atoms with Crippen molar-refractivity contribution in [1.82, 2.24) is 15.1 Å². The Morgan fingerprint density at radius 3 is 2.56 bits per heavy atom. The van der Waals surface area contributed by atoms with Gasteiger partial charge in [-0.15, -0.1) is 0 Å². The summed E-state index contributed by atoms with van der Waals surface area (Å²) in [5.41, 5.74) is 1.29. The van der Waals surface area contributed by atoms with E-state index >= 15 is 0 Å². The third-order valence-electron chi connectivity index (χ3n) is 6.50. The van der Waals surface area contributed by atoms with Crippen LogP contribution in [0.3, 0.4) is 0 Å². The molecule has 0 aromatic heterocycles. The van der Waals surface area contributed by atoms with Gasteiger partial charge < -0.3 is 10.2 Å². The molecule has 0 saturated carbocycles. The Labute approximate surface area is 187 Å². The molecule has 0 spiro atoms. The number of nitrogens with one attached hydrogen (secondary N) is 1. The first-order valence-electron chi connectivity index (χ1n) is 11.3. The molecule has 1 amide bonds. The molecule has 2 aliphatic rings. The van der Waals surface area contributed by atoms with Gasteiger partial charge in [0.15, 0.2) is 0 Å². The number of halogens is 3. The van der Waals surface area contributed by atoms with E-state index in [0.717, 1.165) is 45.0 Å². The van der Waals surface area contributed by atoms with Gasteiger partial charge in [0.05, 0.1) is 5.56 Å². The van der Waals surface area contributed by atoms with Crippen LogP contribution in [0.5, 0.6) is 0 Å². The van der Waals surface area contributed by atoms with Crippen LogP contribution in [0.15, 0.2) is 54.6 Å². The molecule has 0 bridgehead atoms. The summed E-state index contributed by atoms with van der Waals surface area (Å²) in [6.45, 7) is 3.85. The minimum Gasteiger partial charge on any atom is -0.335 e. The topological polar surface area (TPSA) is 35.6 Å². The molecule has 32 heavy (non-hydrogen) atoms. The zero-order chi connectivity index (χ0) is 22.6. The predicted molar refractivity (Wildman–Crippen MR) is 118 cm³/mol. The Kier molecular flexibility index (Phi) is 7.16. The molecule has 2 aliphatic heterocycles. The Morgan fingerprint density at radius 1 is 1.00 bits per heavy atom. The number of amides is 1. The Balaban J connectivity index is 1.26. The van der Waals surface area contributed by atoms with Crippen molar-refractivity contribution in [3.8, 4) is 0 Å². The number of hydrogen-bond donors (Lipinski definition) is 1. The molecule has 2 aromatic rings. The number of benzene rings is 2. The largest absolute Gasteiger partial charge is 0.416 e. The Hall–Kier alpha value is -2.38. The first kappa shape index (κ1) is 22.8. The number of carbonyl (C=O) groups is 1. The van der Waals surface area contributed by atoms with Crippen LogP contribution in [0.25, 0.3) is 0 Å². The number of rotatable bonds is 8. The van der Waals surface area contributed by atoms with Crippen molar-refractivity contribution < 1.29 is 18.0 Å². The molecule has 0 radical (unpaired) electrons. The molecule has 172 valence electrons. The first-order chi connectivity index (χ1) is 15.4. The smallest absolute Gasteiger partial charge is 0.335 e. The zero-order valence-corrected chi connectivity index (χ0v) is 18.2. The van der Waals surface area contributed by atoms with Crippen molar-refractivity contribution >= 4 is 5.91 Å². The lowest BCUT2D eigenvalue weighted by Crippen LogP contribution is -2.44. The molecule has 2 unspecified atom stereocenters. The van der Waals surface area contributed by atoms with Gasteiger partial charge in [0, 0.05) is 44.7 Å². The zero-order valence-electron chi connectivity index (χ0n) is 18.2. The van der Waals surface area contributed by atoms with Crippen molar-refractivity contribution in [2.75, 3.05) is 19.6 Å². The van der Waals surface area contributed by atoms with Gasteiger partial charge in [-0.2, -0.15) is 13.2 Å². The van der Waals surface area contributed by atoms with Crippen LogP contribution in [0.4, 0.5) is 13.2 Å². The highest BCUT2D eigenvalue weighted by atomic mass is 19.4. The van der Waals surface area contributed by atoms with Crippen LogP contribution in [-0.2, 0) is 24.1 Å². The summed E-state index contributed by atoms with van der Waals surface area (Å²) in [5.74, 6) is 0.236. The van der Waals surface area contributed by atoms with E-state index in [1.54, 1.807) is 6.07 Å². The summed E-state index contributed by atoms with van der Waals surface area (Å²) in [4.78, 5) is 17.1. The fourth-order valence-electron chi connectivity index (χ4n) is 4.93. The highest BCUT2D eigenvalue weighted by Gasteiger charge is 2.38. The quantitative estimate of drug-likeness (QED) is 0.610. The van der Waals surface area contributed by atoms with Crippen molar-refractivity contribution in [1.29, 1.82) is 0 Å². The lowest BCUT2D eigenvalue weighted by Gasteiger charge is -2.31. The molecule has 2 heterocycles. The fraction of sp³-hybridized carbons (Fsp3) is 0.480. The molecule has 0 aliphatic carbocycles. The minimum absolute atomic E-state index is 0.207. The maximum absolute atomic E-state index is 12.9. The molecule has 1 N–H and O–H groups in total. The summed E-state index contributed by atoms with van der Waals surface area (Å²) in [6, 6.07) is 16.3. The number of alkyl halides is 3. The van der Waals surface area contributed by atoms with Crippen molar-refractivity contribution in [3.05, 3.63) is 71.3 Å². The van der Waals surface area contributed by atoms with Crippen LogP contribution in [0, 0.1) is 0 Å². The van der Waals surface area contributed by atoms with Gasteiger partial charge in [-0.25, -0.2) is 0 Å². The molecular weight excluding hydrogens is 415 g/mol. The molecule has 2 atom stereocenters. The second kappa shape index (κ2) is 10.0. The number of hydrogen-bond acceptors (Lipinski definition) is 3.